The Morgan fingerprint density at radius 1 is 0.941 bits per heavy atom. The first-order valence-electron chi connectivity index (χ1n) is 10.5. The average molecular weight is 456 g/mol. The van der Waals surface area contributed by atoms with Crippen molar-refractivity contribution in [3.8, 4) is 23.0 Å². The van der Waals surface area contributed by atoms with Gasteiger partial charge in [0.25, 0.3) is 0 Å². The van der Waals surface area contributed by atoms with Crippen molar-refractivity contribution in [2.45, 2.75) is 6.92 Å². The standard InChI is InChI=1S/C27H20O7/c1-15-11-18(32-27(29)23-13-17-8-6-10-20(31-3)26(17)34-23)14-21-24(15)25(28)22(33-21)12-16-7-4-5-9-19(16)30-2/h4-14H,1-3H3/b22-12-. The van der Waals surface area contributed by atoms with E-state index in [9.17, 15) is 9.59 Å². The molecule has 0 saturated heterocycles. The smallest absolute Gasteiger partial charge is 0.379 e. The van der Waals surface area contributed by atoms with Gasteiger partial charge in [-0.1, -0.05) is 30.3 Å². The first-order chi connectivity index (χ1) is 16.5. The fourth-order valence-electron chi connectivity index (χ4n) is 3.92. The average Bonchev–Trinajstić information content (AvgIpc) is 3.41. The number of esters is 1. The molecule has 7 nitrogen and oxygen atoms in total. The highest BCUT2D eigenvalue weighted by molar-refractivity contribution is 6.15. The first-order valence-corrected chi connectivity index (χ1v) is 10.5. The van der Waals surface area contributed by atoms with Crippen molar-refractivity contribution in [3.05, 3.63) is 88.9 Å². The predicted molar refractivity (Wildman–Crippen MR) is 125 cm³/mol. The minimum Gasteiger partial charge on any atom is -0.496 e. The number of carbonyl (C=O) groups excluding carboxylic acids is 2. The molecule has 170 valence electrons. The Morgan fingerprint density at radius 2 is 1.71 bits per heavy atom. The van der Waals surface area contributed by atoms with Crippen LogP contribution in [0.1, 0.15) is 32.0 Å². The molecule has 4 aromatic rings. The maximum atomic E-state index is 13.0. The summed E-state index contributed by atoms with van der Waals surface area (Å²) < 4.78 is 27.7. The zero-order valence-corrected chi connectivity index (χ0v) is 18.7. The molecule has 1 aromatic heterocycles. The number of Topliss-reactive ketones (excluding diaryl/α,β-unsaturated/α-hetero) is 1. The second kappa shape index (κ2) is 8.44. The number of ketones is 1. The molecule has 2 heterocycles. The van der Waals surface area contributed by atoms with Crippen LogP contribution in [-0.4, -0.2) is 26.0 Å². The third-order valence-electron chi connectivity index (χ3n) is 5.51. The van der Waals surface area contributed by atoms with E-state index >= 15 is 0 Å². The first kappa shape index (κ1) is 21.3. The van der Waals surface area contributed by atoms with E-state index in [2.05, 4.69) is 0 Å². The van der Waals surface area contributed by atoms with Gasteiger partial charge >= 0.3 is 5.97 Å². The van der Waals surface area contributed by atoms with Crippen LogP contribution in [-0.2, 0) is 0 Å². The number of carbonyl (C=O) groups is 2. The Balaban J connectivity index is 1.42. The third kappa shape index (κ3) is 3.67. The molecule has 1 aliphatic heterocycles. The molecule has 0 unspecified atom stereocenters. The van der Waals surface area contributed by atoms with Crippen LogP contribution < -0.4 is 18.9 Å². The van der Waals surface area contributed by atoms with Crippen molar-refractivity contribution in [2.24, 2.45) is 0 Å². The monoisotopic (exact) mass is 456 g/mol. The summed E-state index contributed by atoms with van der Waals surface area (Å²) >= 11 is 0. The summed E-state index contributed by atoms with van der Waals surface area (Å²) in [5, 5.41) is 0.719. The van der Waals surface area contributed by atoms with E-state index in [4.69, 9.17) is 23.4 Å². The molecule has 0 N–H and O–H groups in total. The molecular weight excluding hydrogens is 436 g/mol. The van der Waals surface area contributed by atoms with Gasteiger partial charge in [-0.2, -0.15) is 0 Å². The van der Waals surface area contributed by atoms with Gasteiger partial charge in [-0.25, -0.2) is 4.79 Å². The largest absolute Gasteiger partial charge is 0.496 e. The molecule has 0 fully saturated rings. The van der Waals surface area contributed by atoms with Crippen molar-refractivity contribution in [1.82, 2.24) is 0 Å². The van der Waals surface area contributed by atoms with Crippen LogP contribution in [0.15, 0.2) is 70.8 Å². The Labute approximate surface area is 195 Å². The molecule has 0 saturated carbocycles. The highest BCUT2D eigenvalue weighted by Crippen LogP contribution is 2.38. The zero-order chi connectivity index (χ0) is 23.8. The van der Waals surface area contributed by atoms with Crippen LogP contribution in [0.4, 0.5) is 0 Å². The second-order valence-electron chi connectivity index (χ2n) is 7.67. The number of furan rings is 1. The molecule has 0 aliphatic carbocycles. The van der Waals surface area contributed by atoms with Gasteiger partial charge in [0.1, 0.15) is 17.2 Å². The van der Waals surface area contributed by atoms with Gasteiger partial charge in [-0.3, -0.25) is 4.79 Å². The van der Waals surface area contributed by atoms with Crippen LogP contribution in [0.5, 0.6) is 23.0 Å². The lowest BCUT2D eigenvalue weighted by Crippen LogP contribution is -2.07. The minimum absolute atomic E-state index is 0.0337. The third-order valence-corrected chi connectivity index (χ3v) is 5.51. The van der Waals surface area contributed by atoms with Gasteiger partial charge < -0.3 is 23.4 Å². The normalized spacial score (nSPS) is 13.6. The van der Waals surface area contributed by atoms with E-state index in [1.165, 1.54) is 13.2 Å². The Kier molecular flexibility index (Phi) is 5.30. The maximum absolute atomic E-state index is 13.0. The maximum Gasteiger partial charge on any atom is 0.379 e. The fraction of sp³-hybridized carbons (Fsp3) is 0.111. The highest BCUT2D eigenvalue weighted by atomic mass is 16.6. The van der Waals surface area contributed by atoms with Gasteiger partial charge in [-0.05, 0) is 42.8 Å². The van der Waals surface area contributed by atoms with Gasteiger partial charge in [0.15, 0.2) is 17.1 Å². The topological polar surface area (TPSA) is 84.2 Å². The molecular formula is C27H20O7. The fourth-order valence-corrected chi connectivity index (χ4v) is 3.92. The SMILES string of the molecule is COc1ccccc1/C=C1\Oc2cc(OC(=O)c3cc4cccc(OC)c4o3)cc(C)c2C1=O. The van der Waals surface area contributed by atoms with E-state index in [0.717, 1.165) is 5.39 Å². The lowest BCUT2D eigenvalue weighted by Gasteiger charge is -2.06. The molecule has 34 heavy (non-hydrogen) atoms. The van der Waals surface area contributed by atoms with Crippen molar-refractivity contribution >= 4 is 28.8 Å². The molecule has 0 spiro atoms. The Hall–Kier alpha value is -4.52. The molecule has 7 heteroatoms. The molecule has 5 rings (SSSR count). The molecule has 0 radical (unpaired) electrons. The number of para-hydroxylation sites is 2. The van der Waals surface area contributed by atoms with Crippen molar-refractivity contribution in [2.75, 3.05) is 14.2 Å². The second-order valence-corrected chi connectivity index (χ2v) is 7.67. The number of methoxy groups -OCH3 is 2. The number of allylic oxidation sites excluding steroid dienone is 1. The van der Waals surface area contributed by atoms with Crippen LogP contribution in [0, 0.1) is 6.92 Å². The summed E-state index contributed by atoms with van der Waals surface area (Å²) in [4.78, 5) is 25.7. The number of hydrogen-bond acceptors (Lipinski definition) is 7. The van der Waals surface area contributed by atoms with Crippen molar-refractivity contribution in [1.29, 1.82) is 0 Å². The Bertz CT molecular complexity index is 1480. The van der Waals surface area contributed by atoms with Gasteiger partial charge in [-0.15, -0.1) is 0 Å². The van der Waals surface area contributed by atoms with Gasteiger partial charge in [0, 0.05) is 17.0 Å². The summed E-state index contributed by atoms with van der Waals surface area (Å²) in [6, 6.07) is 17.4. The number of benzene rings is 3. The number of ether oxygens (including phenoxy) is 4. The zero-order valence-electron chi connectivity index (χ0n) is 18.7. The summed E-state index contributed by atoms with van der Waals surface area (Å²) in [6.07, 6.45) is 1.63. The minimum atomic E-state index is -0.674. The number of aryl methyl sites for hydroxylation is 1. The van der Waals surface area contributed by atoms with Crippen molar-refractivity contribution < 1.29 is 33.0 Å². The number of fused-ring (bicyclic) bond motifs is 2. The lowest BCUT2D eigenvalue weighted by molar-refractivity contribution is 0.0703. The molecule has 1 aliphatic rings. The molecule has 0 atom stereocenters. The van der Waals surface area contributed by atoms with E-state index in [1.54, 1.807) is 50.4 Å². The molecule has 0 amide bonds. The van der Waals surface area contributed by atoms with E-state index in [-0.39, 0.29) is 23.1 Å². The summed E-state index contributed by atoms with van der Waals surface area (Å²) in [6.45, 7) is 1.76. The van der Waals surface area contributed by atoms with Gasteiger partial charge in [0.2, 0.25) is 11.5 Å². The van der Waals surface area contributed by atoms with Crippen LogP contribution in [0.25, 0.3) is 17.0 Å². The number of rotatable bonds is 5. The van der Waals surface area contributed by atoms with E-state index in [0.29, 0.717) is 39.5 Å². The van der Waals surface area contributed by atoms with Crippen LogP contribution in [0.2, 0.25) is 0 Å². The van der Waals surface area contributed by atoms with E-state index < -0.39 is 5.97 Å². The Morgan fingerprint density at radius 3 is 2.50 bits per heavy atom. The summed E-state index contributed by atoms with van der Waals surface area (Å²) in [7, 11) is 3.09. The highest BCUT2D eigenvalue weighted by Gasteiger charge is 2.31. The molecule has 3 aromatic carbocycles. The van der Waals surface area contributed by atoms with E-state index in [1.807, 2.05) is 24.3 Å². The number of hydrogen-bond donors (Lipinski definition) is 0. The summed E-state index contributed by atoms with van der Waals surface area (Å²) in [5.74, 6) is 0.969. The summed E-state index contributed by atoms with van der Waals surface area (Å²) in [5.41, 5.74) is 2.22. The van der Waals surface area contributed by atoms with Crippen molar-refractivity contribution in [3.63, 3.8) is 0 Å². The van der Waals surface area contributed by atoms with Gasteiger partial charge in [0.05, 0.1) is 19.8 Å². The molecule has 0 bridgehead atoms. The predicted octanol–water partition coefficient (Wildman–Crippen LogP) is 5.59. The van der Waals surface area contributed by atoms with Crippen LogP contribution >= 0.6 is 0 Å². The quantitative estimate of drug-likeness (QED) is 0.220. The lowest BCUT2D eigenvalue weighted by atomic mass is 10.0. The van der Waals surface area contributed by atoms with Crippen LogP contribution in [0.3, 0.4) is 0 Å².